The fourth-order valence-corrected chi connectivity index (χ4v) is 3.29. The lowest BCUT2D eigenvalue weighted by Gasteiger charge is -2.19. The van der Waals surface area contributed by atoms with E-state index in [0.717, 1.165) is 0 Å². The van der Waals surface area contributed by atoms with Crippen molar-refractivity contribution in [1.82, 2.24) is 10.2 Å². The van der Waals surface area contributed by atoms with Crippen molar-refractivity contribution in [2.45, 2.75) is 37.5 Å². The van der Waals surface area contributed by atoms with Gasteiger partial charge in [-0.15, -0.1) is 0 Å². The van der Waals surface area contributed by atoms with E-state index in [4.69, 9.17) is 4.74 Å². The van der Waals surface area contributed by atoms with E-state index in [0.29, 0.717) is 18.5 Å². The van der Waals surface area contributed by atoms with Gasteiger partial charge in [-0.3, -0.25) is 14.6 Å². The van der Waals surface area contributed by atoms with Gasteiger partial charge >= 0.3 is 5.97 Å². The number of hydrogen-bond acceptors (Lipinski definition) is 6. The molecule has 2 heterocycles. The van der Waals surface area contributed by atoms with Crippen LogP contribution < -0.4 is 10.3 Å². The molecule has 1 aromatic carbocycles. The van der Waals surface area contributed by atoms with E-state index < -0.39 is 24.0 Å². The Morgan fingerprint density at radius 2 is 1.96 bits per heavy atom. The molecular formula is C19H24N4O5. The first-order valence-corrected chi connectivity index (χ1v) is 9.16. The summed E-state index contributed by atoms with van der Waals surface area (Å²) in [5.74, 6) is -1.55. The Bertz CT molecular complexity index is 780. The molecule has 2 amide bonds. The highest BCUT2D eigenvalue weighted by Crippen LogP contribution is 2.25. The van der Waals surface area contributed by atoms with Crippen molar-refractivity contribution in [3.05, 3.63) is 30.3 Å². The summed E-state index contributed by atoms with van der Waals surface area (Å²) in [6.07, 6.45) is 0.571. The number of nitrogens with zero attached hydrogens (tertiary/aromatic N) is 3. The second kappa shape index (κ2) is 8.39. The summed E-state index contributed by atoms with van der Waals surface area (Å²) in [4.78, 5) is 37.5. The van der Waals surface area contributed by atoms with Crippen LogP contribution in [0.4, 0.5) is 5.69 Å². The maximum absolute atomic E-state index is 12.5. The third-order valence-corrected chi connectivity index (χ3v) is 4.79. The van der Waals surface area contributed by atoms with Gasteiger partial charge in [-0.2, -0.15) is 5.10 Å². The minimum absolute atomic E-state index is 0.0172. The maximum atomic E-state index is 12.5. The molecule has 28 heavy (non-hydrogen) atoms. The molecule has 2 aliphatic heterocycles. The van der Waals surface area contributed by atoms with Crippen LogP contribution in [-0.4, -0.2) is 72.4 Å². The molecule has 3 unspecified atom stereocenters. The molecule has 150 valence electrons. The number of para-hydroxylation sites is 1. The zero-order chi connectivity index (χ0) is 20.3. The number of likely N-dealkylation sites (N-methyl/N-ethyl adjacent to an activating group) is 1. The lowest BCUT2D eigenvalue weighted by atomic mass is 10.1. The Kier molecular flexibility index (Phi) is 5.93. The molecule has 2 N–H and O–H groups in total. The van der Waals surface area contributed by atoms with Gasteiger partial charge in [0.1, 0.15) is 11.8 Å². The van der Waals surface area contributed by atoms with Gasteiger partial charge in [0, 0.05) is 27.1 Å². The molecule has 0 aliphatic carbocycles. The molecule has 1 saturated heterocycles. The normalized spacial score (nSPS) is 24.0. The van der Waals surface area contributed by atoms with Crippen molar-refractivity contribution < 1.29 is 24.2 Å². The molecule has 2 aliphatic rings. The number of carboxylic acids is 1. The summed E-state index contributed by atoms with van der Waals surface area (Å²) in [7, 11) is 3.35. The Balaban J connectivity index is 1.59. The standard InChI is InChI=1S/C19H24N4O5/c1-22(2)18(25)16-9-8-13(28-16)11-20-17(24)14-10-15(19(26)27)23(21-14)12-6-4-3-5-7-12/h3-7,13,15-16H,8-11H2,1-2H3,(H,20,24)(H,26,27). The Morgan fingerprint density at radius 1 is 1.25 bits per heavy atom. The van der Waals surface area contributed by atoms with Gasteiger partial charge in [0.15, 0.2) is 6.04 Å². The number of hydrogen-bond donors (Lipinski definition) is 2. The highest BCUT2D eigenvalue weighted by molar-refractivity contribution is 6.40. The van der Waals surface area contributed by atoms with Crippen molar-refractivity contribution in [3.8, 4) is 0 Å². The van der Waals surface area contributed by atoms with E-state index in [9.17, 15) is 19.5 Å². The quantitative estimate of drug-likeness (QED) is 0.732. The Morgan fingerprint density at radius 3 is 2.61 bits per heavy atom. The number of rotatable bonds is 6. The van der Waals surface area contributed by atoms with Gasteiger partial charge in [0.05, 0.1) is 11.8 Å². The number of anilines is 1. The predicted molar refractivity (Wildman–Crippen MR) is 102 cm³/mol. The number of carboxylic acid groups (broad SMARTS) is 1. The van der Waals surface area contributed by atoms with Crippen LogP contribution in [0, 0.1) is 0 Å². The summed E-state index contributed by atoms with van der Waals surface area (Å²) in [5, 5.41) is 17.8. The van der Waals surface area contributed by atoms with Gasteiger partial charge in [0.25, 0.3) is 11.8 Å². The highest BCUT2D eigenvalue weighted by atomic mass is 16.5. The number of nitrogens with one attached hydrogen (secondary N) is 1. The second-order valence-corrected chi connectivity index (χ2v) is 7.05. The van der Waals surface area contributed by atoms with Crippen LogP contribution in [-0.2, 0) is 19.1 Å². The number of carbonyl (C=O) groups excluding carboxylic acids is 2. The second-order valence-electron chi connectivity index (χ2n) is 7.05. The van der Waals surface area contributed by atoms with Gasteiger partial charge in [-0.25, -0.2) is 4.79 Å². The van der Waals surface area contributed by atoms with Crippen LogP contribution in [0.1, 0.15) is 19.3 Å². The van der Waals surface area contributed by atoms with Crippen molar-refractivity contribution in [3.63, 3.8) is 0 Å². The van der Waals surface area contributed by atoms with Crippen molar-refractivity contribution in [1.29, 1.82) is 0 Å². The van der Waals surface area contributed by atoms with Crippen molar-refractivity contribution >= 4 is 29.2 Å². The molecule has 0 aromatic heterocycles. The van der Waals surface area contributed by atoms with E-state index >= 15 is 0 Å². The smallest absolute Gasteiger partial charge is 0.328 e. The molecule has 3 atom stereocenters. The summed E-state index contributed by atoms with van der Waals surface area (Å²) < 4.78 is 5.70. The largest absolute Gasteiger partial charge is 0.480 e. The number of benzene rings is 1. The topological polar surface area (TPSA) is 112 Å². The van der Waals surface area contributed by atoms with Crippen LogP contribution in [0.25, 0.3) is 0 Å². The van der Waals surface area contributed by atoms with Crippen LogP contribution in [0.5, 0.6) is 0 Å². The lowest BCUT2D eigenvalue weighted by molar-refractivity contribution is -0.140. The molecule has 9 nitrogen and oxygen atoms in total. The number of hydrazone groups is 1. The van der Waals surface area contributed by atoms with Crippen LogP contribution in [0.3, 0.4) is 0 Å². The molecule has 0 radical (unpaired) electrons. The summed E-state index contributed by atoms with van der Waals surface area (Å²) in [5.41, 5.74) is 0.775. The van der Waals surface area contributed by atoms with Crippen molar-refractivity contribution in [2.24, 2.45) is 5.10 Å². The number of aliphatic carboxylic acids is 1. The van der Waals surface area contributed by atoms with Crippen LogP contribution in [0.15, 0.2) is 35.4 Å². The highest BCUT2D eigenvalue weighted by Gasteiger charge is 2.37. The zero-order valence-electron chi connectivity index (χ0n) is 15.9. The summed E-state index contributed by atoms with van der Waals surface area (Å²) in [6, 6.07) is 7.95. The van der Waals surface area contributed by atoms with E-state index in [-0.39, 0.29) is 30.7 Å². The van der Waals surface area contributed by atoms with E-state index in [1.807, 2.05) is 6.07 Å². The zero-order valence-corrected chi connectivity index (χ0v) is 15.9. The fraction of sp³-hybridized carbons (Fsp3) is 0.474. The molecule has 1 aromatic rings. The third-order valence-electron chi connectivity index (χ3n) is 4.79. The number of carbonyl (C=O) groups is 3. The Hall–Kier alpha value is -2.94. The van der Waals surface area contributed by atoms with Crippen LogP contribution in [0.2, 0.25) is 0 Å². The average molecular weight is 388 g/mol. The number of ether oxygens (including phenoxy) is 1. The van der Waals surface area contributed by atoms with Gasteiger partial charge in [-0.1, -0.05) is 18.2 Å². The van der Waals surface area contributed by atoms with E-state index in [1.54, 1.807) is 38.4 Å². The third kappa shape index (κ3) is 4.30. The summed E-state index contributed by atoms with van der Waals surface area (Å²) in [6.45, 7) is 0.248. The molecule has 0 bridgehead atoms. The van der Waals surface area contributed by atoms with Gasteiger partial charge < -0.3 is 20.1 Å². The summed E-state index contributed by atoms with van der Waals surface area (Å²) >= 11 is 0. The number of amides is 2. The van der Waals surface area contributed by atoms with Crippen LogP contribution >= 0.6 is 0 Å². The van der Waals surface area contributed by atoms with Crippen molar-refractivity contribution in [2.75, 3.05) is 25.6 Å². The molecule has 9 heteroatoms. The fourth-order valence-electron chi connectivity index (χ4n) is 3.29. The van der Waals surface area contributed by atoms with Gasteiger partial charge in [-0.05, 0) is 25.0 Å². The first kappa shape index (κ1) is 19.8. The van der Waals surface area contributed by atoms with E-state index in [1.165, 1.54) is 9.91 Å². The molecular weight excluding hydrogens is 364 g/mol. The molecule has 0 spiro atoms. The first-order valence-electron chi connectivity index (χ1n) is 9.16. The molecule has 3 rings (SSSR count). The SMILES string of the molecule is CN(C)C(=O)C1CCC(CNC(=O)C2=NN(c3ccccc3)C(C(=O)O)C2)O1. The van der Waals surface area contributed by atoms with Gasteiger partial charge in [0.2, 0.25) is 0 Å². The first-order chi connectivity index (χ1) is 13.4. The average Bonchev–Trinajstić information content (AvgIpc) is 3.33. The minimum Gasteiger partial charge on any atom is -0.480 e. The maximum Gasteiger partial charge on any atom is 0.328 e. The monoisotopic (exact) mass is 388 g/mol. The molecule has 0 saturated carbocycles. The minimum atomic E-state index is -1.04. The molecule has 1 fully saturated rings. The van der Waals surface area contributed by atoms with E-state index in [2.05, 4.69) is 10.4 Å². The lowest BCUT2D eigenvalue weighted by Crippen LogP contribution is -2.39. The Labute approximate surface area is 162 Å². The predicted octanol–water partition coefficient (Wildman–Crippen LogP) is 0.458.